The molecule has 0 saturated heterocycles. The smallest absolute Gasteiger partial charge is 0.263 e. The third-order valence-electron chi connectivity index (χ3n) is 4.52. The molecule has 29 heavy (non-hydrogen) atoms. The average molecular weight is 389 g/mol. The molecule has 0 bridgehead atoms. The van der Waals surface area contributed by atoms with Gasteiger partial charge in [0.15, 0.2) is 0 Å². The van der Waals surface area contributed by atoms with Crippen molar-refractivity contribution >= 4 is 23.2 Å². The zero-order valence-corrected chi connectivity index (χ0v) is 16.4. The molecule has 3 rings (SSSR count). The van der Waals surface area contributed by atoms with Crippen molar-refractivity contribution in [2.45, 2.75) is 26.8 Å². The van der Waals surface area contributed by atoms with Gasteiger partial charge in [0.2, 0.25) is 5.91 Å². The quantitative estimate of drug-likeness (QED) is 0.675. The maximum atomic E-state index is 12.8. The molecule has 6 nitrogen and oxygen atoms in total. The molecule has 1 aromatic heterocycles. The van der Waals surface area contributed by atoms with Crippen molar-refractivity contribution in [2.75, 3.05) is 10.6 Å². The highest BCUT2D eigenvalue weighted by molar-refractivity contribution is 6.04. The standard InChI is InChI=1S/C23H23N3O3/c1-3-18-11-12-19(24-16(2)27)14-21(18)25-22(28)20-10-7-13-26(23(20)29)15-17-8-5-4-6-9-17/h4-14H,3,15H2,1-2H3,(H,24,27)(H,25,28). The molecule has 2 amide bonds. The Labute approximate surface area is 169 Å². The number of carbonyl (C=O) groups is 2. The SMILES string of the molecule is CCc1ccc(NC(C)=O)cc1NC(=O)c1cccn(Cc2ccccc2)c1=O. The highest BCUT2D eigenvalue weighted by atomic mass is 16.2. The van der Waals surface area contributed by atoms with E-state index in [1.807, 2.05) is 43.3 Å². The molecule has 148 valence electrons. The number of benzene rings is 2. The van der Waals surface area contributed by atoms with Crippen LogP contribution in [0.5, 0.6) is 0 Å². The van der Waals surface area contributed by atoms with Crippen LogP contribution in [0.4, 0.5) is 11.4 Å². The van der Waals surface area contributed by atoms with Crippen LogP contribution in [0.2, 0.25) is 0 Å². The molecule has 0 fully saturated rings. The largest absolute Gasteiger partial charge is 0.326 e. The number of hydrogen-bond donors (Lipinski definition) is 2. The van der Waals surface area contributed by atoms with Gasteiger partial charge in [0.25, 0.3) is 11.5 Å². The van der Waals surface area contributed by atoms with Crippen LogP contribution < -0.4 is 16.2 Å². The van der Waals surface area contributed by atoms with E-state index in [4.69, 9.17) is 0 Å². The fourth-order valence-electron chi connectivity index (χ4n) is 3.09. The normalized spacial score (nSPS) is 10.4. The van der Waals surface area contributed by atoms with Crippen molar-refractivity contribution in [3.8, 4) is 0 Å². The highest BCUT2D eigenvalue weighted by Gasteiger charge is 2.14. The number of anilines is 2. The van der Waals surface area contributed by atoms with Crippen LogP contribution in [0.1, 0.15) is 35.3 Å². The van der Waals surface area contributed by atoms with Crippen molar-refractivity contribution in [1.29, 1.82) is 0 Å². The molecule has 6 heteroatoms. The van der Waals surface area contributed by atoms with Gasteiger partial charge < -0.3 is 15.2 Å². The van der Waals surface area contributed by atoms with Crippen LogP contribution in [-0.4, -0.2) is 16.4 Å². The Hall–Kier alpha value is -3.67. The summed E-state index contributed by atoms with van der Waals surface area (Å²) in [6, 6.07) is 18.1. The number of aryl methyl sites for hydroxylation is 1. The number of pyridine rings is 1. The summed E-state index contributed by atoms with van der Waals surface area (Å²) in [6.45, 7) is 3.78. The van der Waals surface area contributed by atoms with Gasteiger partial charge in [0.05, 0.1) is 6.54 Å². The summed E-state index contributed by atoms with van der Waals surface area (Å²) in [5.41, 5.74) is 2.75. The molecule has 2 aromatic carbocycles. The Morgan fingerprint density at radius 2 is 1.72 bits per heavy atom. The molecule has 0 aliphatic carbocycles. The topological polar surface area (TPSA) is 80.2 Å². The maximum Gasteiger partial charge on any atom is 0.263 e. The summed E-state index contributed by atoms with van der Waals surface area (Å²) in [6.07, 6.45) is 2.37. The fraction of sp³-hybridized carbons (Fsp3) is 0.174. The Balaban J connectivity index is 1.87. The number of aromatic nitrogens is 1. The van der Waals surface area contributed by atoms with Gasteiger partial charge in [-0.05, 0) is 41.8 Å². The molecule has 0 aliphatic rings. The van der Waals surface area contributed by atoms with Gasteiger partial charge in [0, 0.05) is 24.5 Å². The molecule has 2 N–H and O–H groups in total. The molecule has 0 aliphatic heterocycles. The Bertz CT molecular complexity index is 1090. The minimum atomic E-state index is -0.480. The molecular weight excluding hydrogens is 366 g/mol. The Morgan fingerprint density at radius 3 is 2.41 bits per heavy atom. The van der Waals surface area contributed by atoms with E-state index in [1.54, 1.807) is 24.4 Å². The molecule has 0 saturated carbocycles. The summed E-state index contributed by atoms with van der Waals surface area (Å²) >= 11 is 0. The molecule has 1 heterocycles. The van der Waals surface area contributed by atoms with Crippen molar-refractivity contribution in [3.63, 3.8) is 0 Å². The van der Waals surface area contributed by atoms with E-state index < -0.39 is 5.91 Å². The Morgan fingerprint density at radius 1 is 0.966 bits per heavy atom. The van der Waals surface area contributed by atoms with Gasteiger partial charge in [-0.1, -0.05) is 43.3 Å². The van der Waals surface area contributed by atoms with Crippen LogP contribution in [0.25, 0.3) is 0 Å². The number of nitrogens with one attached hydrogen (secondary N) is 2. The third-order valence-corrected chi connectivity index (χ3v) is 4.52. The van der Waals surface area contributed by atoms with E-state index in [0.29, 0.717) is 24.3 Å². The molecule has 0 unspecified atom stereocenters. The monoisotopic (exact) mass is 389 g/mol. The van der Waals surface area contributed by atoms with E-state index in [1.165, 1.54) is 17.6 Å². The van der Waals surface area contributed by atoms with E-state index >= 15 is 0 Å². The maximum absolute atomic E-state index is 12.8. The minimum absolute atomic E-state index is 0.0652. The summed E-state index contributed by atoms with van der Waals surface area (Å²) < 4.78 is 1.51. The van der Waals surface area contributed by atoms with Gasteiger partial charge in [0.1, 0.15) is 5.56 Å². The van der Waals surface area contributed by atoms with E-state index in [-0.39, 0.29) is 17.0 Å². The van der Waals surface area contributed by atoms with Crippen LogP contribution in [-0.2, 0) is 17.8 Å². The second-order valence-corrected chi connectivity index (χ2v) is 6.70. The number of nitrogens with zero attached hydrogens (tertiary/aromatic N) is 1. The first-order chi connectivity index (χ1) is 14.0. The fourth-order valence-corrected chi connectivity index (χ4v) is 3.09. The van der Waals surface area contributed by atoms with Gasteiger partial charge in [-0.25, -0.2) is 0 Å². The first kappa shape index (κ1) is 20.1. The first-order valence-corrected chi connectivity index (χ1v) is 9.43. The predicted octanol–water partition coefficient (Wildman–Crippen LogP) is 3.67. The predicted molar refractivity (Wildman–Crippen MR) is 114 cm³/mol. The molecule has 0 spiro atoms. The summed E-state index contributed by atoms with van der Waals surface area (Å²) in [5.74, 6) is -0.675. The lowest BCUT2D eigenvalue weighted by atomic mass is 10.1. The number of carbonyl (C=O) groups excluding carboxylic acids is 2. The summed E-state index contributed by atoms with van der Waals surface area (Å²) in [7, 11) is 0. The zero-order chi connectivity index (χ0) is 20.8. The van der Waals surface area contributed by atoms with Gasteiger partial charge >= 0.3 is 0 Å². The van der Waals surface area contributed by atoms with E-state index in [2.05, 4.69) is 10.6 Å². The number of hydrogen-bond acceptors (Lipinski definition) is 3. The highest BCUT2D eigenvalue weighted by Crippen LogP contribution is 2.22. The average Bonchev–Trinajstić information content (AvgIpc) is 2.70. The Kier molecular flexibility index (Phi) is 6.24. The molecule has 3 aromatic rings. The lowest BCUT2D eigenvalue weighted by Crippen LogP contribution is -2.29. The van der Waals surface area contributed by atoms with Crippen LogP contribution in [0.3, 0.4) is 0 Å². The lowest BCUT2D eigenvalue weighted by Gasteiger charge is -2.13. The van der Waals surface area contributed by atoms with E-state index in [0.717, 1.165) is 11.1 Å². The van der Waals surface area contributed by atoms with Gasteiger partial charge in [-0.2, -0.15) is 0 Å². The lowest BCUT2D eigenvalue weighted by molar-refractivity contribution is -0.114. The van der Waals surface area contributed by atoms with Crippen molar-refractivity contribution < 1.29 is 9.59 Å². The van der Waals surface area contributed by atoms with Crippen molar-refractivity contribution in [1.82, 2.24) is 4.57 Å². The zero-order valence-electron chi connectivity index (χ0n) is 16.4. The first-order valence-electron chi connectivity index (χ1n) is 9.43. The summed E-state index contributed by atoms with van der Waals surface area (Å²) in [5, 5.41) is 5.52. The second-order valence-electron chi connectivity index (χ2n) is 6.70. The molecule has 0 atom stereocenters. The minimum Gasteiger partial charge on any atom is -0.326 e. The van der Waals surface area contributed by atoms with Crippen molar-refractivity contribution in [3.05, 3.63) is 93.9 Å². The van der Waals surface area contributed by atoms with Crippen molar-refractivity contribution in [2.24, 2.45) is 0 Å². The second kappa shape index (κ2) is 9.01. The van der Waals surface area contributed by atoms with Crippen LogP contribution >= 0.6 is 0 Å². The van der Waals surface area contributed by atoms with Crippen LogP contribution in [0, 0.1) is 0 Å². The van der Waals surface area contributed by atoms with Gasteiger partial charge in [-0.15, -0.1) is 0 Å². The third kappa shape index (κ3) is 4.99. The number of amides is 2. The van der Waals surface area contributed by atoms with Crippen LogP contribution in [0.15, 0.2) is 71.7 Å². The van der Waals surface area contributed by atoms with Gasteiger partial charge in [-0.3, -0.25) is 14.4 Å². The number of rotatable bonds is 6. The van der Waals surface area contributed by atoms with E-state index in [9.17, 15) is 14.4 Å². The molecule has 0 radical (unpaired) electrons. The molecular formula is C23H23N3O3. The summed E-state index contributed by atoms with van der Waals surface area (Å²) in [4.78, 5) is 37.0.